The molecule has 2 N–H and O–H groups in total. The van der Waals surface area contributed by atoms with Crippen molar-refractivity contribution in [1.82, 2.24) is 5.32 Å². The van der Waals surface area contributed by atoms with Crippen molar-refractivity contribution in [2.24, 2.45) is 0 Å². The number of carbonyl (C=O) groups excluding carboxylic acids is 1. The Morgan fingerprint density at radius 3 is 2.69 bits per heavy atom. The van der Waals surface area contributed by atoms with Crippen molar-refractivity contribution >= 4 is 11.6 Å². The fourth-order valence-corrected chi connectivity index (χ4v) is 1.88. The fraction of sp³-hybridized carbons (Fsp3) is 0.462. The molecule has 16 heavy (non-hydrogen) atoms. The second kappa shape index (κ2) is 4.56. The van der Waals surface area contributed by atoms with E-state index in [2.05, 4.69) is 10.6 Å². The number of rotatable bonds is 3. The summed E-state index contributed by atoms with van der Waals surface area (Å²) in [6.07, 6.45) is 3.47. The minimum Gasteiger partial charge on any atom is -0.387 e. The molecule has 1 amide bonds. The number of hydrogen-bond acceptors (Lipinski definition) is 2. The molecule has 1 fully saturated rings. The normalized spacial score (nSPS) is 15.4. The van der Waals surface area contributed by atoms with Crippen LogP contribution in [0.5, 0.6) is 0 Å². The lowest BCUT2D eigenvalue weighted by atomic mass is 9.93. The second-order valence-electron chi connectivity index (χ2n) is 4.40. The van der Waals surface area contributed by atoms with Gasteiger partial charge >= 0.3 is 0 Å². The highest BCUT2D eigenvalue weighted by Gasteiger charge is 2.21. The van der Waals surface area contributed by atoms with Crippen LogP contribution < -0.4 is 10.6 Å². The van der Waals surface area contributed by atoms with Crippen molar-refractivity contribution in [2.75, 3.05) is 12.4 Å². The van der Waals surface area contributed by atoms with Gasteiger partial charge in [-0.3, -0.25) is 4.79 Å². The first-order valence-corrected chi connectivity index (χ1v) is 5.80. The molecule has 1 aromatic carbocycles. The van der Waals surface area contributed by atoms with Gasteiger partial charge in [0.1, 0.15) is 0 Å². The Morgan fingerprint density at radius 2 is 2.12 bits per heavy atom. The van der Waals surface area contributed by atoms with Crippen LogP contribution in [0, 0.1) is 6.92 Å². The van der Waals surface area contributed by atoms with Crippen LogP contribution in [0.3, 0.4) is 0 Å². The summed E-state index contributed by atoms with van der Waals surface area (Å²) in [5.41, 5.74) is 2.74. The predicted octanol–water partition coefficient (Wildman–Crippen LogP) is 2.32. The molecule has 0 unspecified atom stereocenters. The molecule has 0 aromatic heterocycles. The maximum Gasteiger partial charge on any atom is 0.253 e. The minimum atomic E-state index is 0.0396. The van der Waals surface area contributed by atoms with Crippen LogP contribution in [0.1, 0.15) is 35.2 Å². The average molecular weight is 218 g/mol. The molecular weight excluding hydrogens is 200 g/mol. The number of aryl methyl sites for hydroxylation is 1. The zero-order valence-electron chi connectivity index (χ0n) is 9.84. The van der Waals surface area contributed by atoms with Crippen LogP contribution in [-0.2, 0) is 0 Å². The molecule has 0 heterocycles. The summed E-state index contributed by atoms with van der Waals surface area (Å²) in [4.78, 5) is 12.0. The maximum absolute atomic E-state index is 12.0. The van der Waals surface area contributed by atoms with Gasteiger partial charge in [-0.25, -0.2) is 0 Å². The highest BCUT2D eigenvalue weighted by molar-refractivity contribution is 6.00. The zero-order chi connectivity index (χ0) is 11.5. The highest BCUT2D eigenvalue weighted by Crippen LogP contribution is 2.21. The summed E-state index contributed by atoms with van der Waals surface area (Å²) in [5, 5.41) is 6.11. The van der Waals surface area contributed by atoms with Gasteiger partial charge < -0.3 is 10.6 Å². The number of amides is 1. The molecule has 3 heteroatoms. The smallest absolute Gasteiger partial charge is 0.253 e. The zero-order valence-corrected chi connectivity index (χ0v) is 9.84. The van der Waals surface area contributed by atoms with Gasteiger partial charge in [-0.15, -0.1) is 0 Å². The summed E-state index contributed by atoms with van der Waals surface area (Å²) in [7, 11) is 1.84. The van der Waals surface area contributed by atoms with Gasteiger partial charge in [0.05, 0.1) is 5.56 Å². The molecule has 1 aliphatic rings. The molecule has 86 valence electrons. The van der Waals surface area contributed by atoms with Gasteiger partial charge in [0.15, 0.2) is 0 Å². The van der Waals surface area contributed by atoms with Crippen molar-refractivity contribution in [3.63, 3.8) is 0 Å². The Kier molecular flexibility index (Phi) is 3.13. The monoisotopic (exact) mass is 218 g/mol. The Hall–Kier alpha value is -1.51. The third kappa shape index (κ3) is 2.18. The number of hydrogen-bond donors (Lipinski definition) is 2. The molecule has 1 aromatic rings. The fourth-order valence-electron chi connectivity index (χ4n) is 1.88. The first kappa shape index (κ1) is 11.0. The average Bonchev–Trinajstić information content (AvgIpc) is 2.23. The largest absolute Gasteiger partial charge is 0.387 e. The van der Waals surface area contributed by atoms with E-state index < -0.39 is 0 Å². The lowest BCUT2D eigenvalue weighted by molar-refractivity contribution is 0.0917. The van der Waals surface area contributed by atoms with Crippen LogP contribution in [0.2, 0.25) is 0 Å². The van der Waals surface area contributed by atoms with E-state index in [4.69, 9.17) is 0 Å². The molecular formula is C13H18N2O. The van der Waals surface area contributed by atoms with E-state index in [-0.39, 0.29) is 5.91 Å². The Bertz CT molecular complexity index is 397. The Balaban J connectivity index is 2.16. The third-order valence-electron chi connectivity index (χ3n) is 3.13. The predicted molar refractivity (Wildman–Crippen MR) is 65.8 cm³/mol. The number of carbonyl (C=O) groups is 1. The number of nitrogens with one attached hydrogen (secondary N) is 2. The molecule has 0 radical (unpaired) electrons. The van der Waals surface area contributed by atoms with Gasteiger partial charge in [0.2, 0.25) is 0 Å². The third-order valence-corrected chi connectivity index (χ3v) is 3.13. The quantitative estimate of drug-likeness (QED) is 0.817. The van der Waals surface area contributed by atoms with Crippen molar-refractivity contribution in [3.8, 4) is 0 Å². The molecule has 1 saturated carbocycles. The molecule has 0 bridgehead atoms. The minimum absolute atomic E-state index is 0.0396. The van der Waals surface area contributed by atoms with E-state index in [0.717, 1.165) is 29.7 Å². The van der Waals surface area contributed by atoms with Gasteiger partial charge in [-0.05, 0) is 38.3 Å². The van der Waals surface area contributed by atoms with Crippen LogP contribution in [0.4, 0.5) is 5.69 Å². The number of anilines is 1. The van der Waals surface area contributed by atoms with Crippen LogP contribution in [-0.4, -0.2) is 19.0 Å². The van der Waals surface area contributed by atoms with Crippen molar-refractivity contribution in [3.05, 3.63) is 29.3 Å². The van der Waals surface area contributed by atoms with Gasteiger partial charge in [0.25, 0.3) is 5.91 Å². The molecule has 2 rings (SSSR count). The topological polar surface area (TPSA) is 41.1 Å². The van der Waals surface area contributed by atoms with Crippen LogP contribution in [0.25, 0.3) is 0 Å². The maximum atomic E-state index is 12.0. The van der Waals surface area contributed by atoms with Gasteiger partial charge in [0, 0.05) is 18.8 Å². The van der Waals surface area contributed by atoms with E-state index in [1.165, 1.54) is 6.42 Å². The van der Waals surface area contributed by atoms with Crippen molar-refractivity contribution in [2.45, 2.75) is 32.2 Å². The van der Waals surface area contributed by atoms with E-state index in [0.29, 0.717) is 6.04 Å². The van der Waals surface area contributed by atoms with Crippen molar-refractivity contribution in [1.29, 1.82) is 0 Å². The van der Waals surface area contributed by atoms with Crippen molar-refractivity contribution < 1.29 is 4.79 Å². The molecule has 0 aliphatic heterocycles. The van der Waals surface area contributed by atoms with Crippen LogP contribution in [0.15, 0.2) is 18.2 Å². The van der Waals surface area contributed by atoms with Crippen LogP contribution >= 0.6 is 0 Å². The summed E-state index contributed by atoms with van der Waals surface area (Å²) in [6, 6.07) is 6.27. The van der Waals surface area contributed by atoms with E-state index in [1.54, 1.807) is 0 Å². The first-order valence-electron chi connectivity index (χ1n) is 5.80. The van der Waals surface area contributed by atoms with E-state index in [1.807, 2.05) is 32.2 Å². The molecule has 0 atom stereocenters. The summed E-state index contributed by atoms with van der Waals surface area (Å²) >= 11 is 0. The standard InChI is InChI=1S/C13H18N2O/c1-9-6-7-12(14-2)11(8-9)13(16)15-10-4-3-5-10/h6-8,10,14H,3-5H2,1-2H3,(H,15,16). The molecule has 0 spiro atoms. The Morgan fingerprint density at radius 1 is 1.38 bits per heavy atom. The molecule has 3 nitrogen and oxygen atoms in total. The SMILES string of the molecule is CNc1ccc(C)cc1C(=O)NC1CCC1. The first-order chi connectivity index (χ1) is 7.70. The number of benzene rings is 1. The lowest BCUT2D eigenvalue weighted by Crippen LogP contribution is -2.39. The summed E-state index contributed by atoms with van der Waals surface area (Å²) < 4.78 is 0. The summed E-state index contributed by atoms with van der Waals surface area (Å²) in [5.74, 6) is 0.0396. The summed E-state index contributed by atoms with van der Waals surface area (Å²) in [6.45, 7) is 2.00. The molecule has 0 saturated heterocycles. The van der Waals surface area contributed by atoms with Gasteiger partial charge in [-0.2, -0.15) is 0 Å². The van der Waals surface area contributed by atoms with E-state index in [9.17, 15) is 4.79 Å². The second-order valence-corrected chi connectivity index (χ2v) is 4.40. The Labute approximate surface area is 96.2 Å². The molecule has 1 aliphatic carbocycles. The highest BCUT2D eigenvalue weighted by atomic mass is 16.1. The van der Waals surface area contributed by atoms with E-state index >= 15 is 0 Å². The lowest BCUT2D eigenvalue weighted by Gasteiger charge is -2.26. The van der Waals surface area contributed by atoms with Gasteiger partial charge in [-0.1, -0.05) is 11.6 Å².